The molecule has 6 nitrogen and oxygen atoms in total. The fourth-order valence-corrected chi connectivity index (χ4v) is 4.76. The third-order valence-corrected chi connectivity index (χ3v) is 6.21. The van der Waals surface area contributed by atoms with E-state index >= 15 is 0 Å². The number of ether oxygens (including phenoxy) is 1. The van der Waals surface area contributed by atoms with Crippen molar-refractivity contribution in [1.29, 1.82) is 0 Å². The second-order valence-corrected chi connectivity index (χ2v) is 8.22. The molecule has 1 aromatic carbocycles. The molecule has 1 aromatic rings. The molecule has 0 radical (unpaired) electrons. The monoisotopic (exact) mass is 412 g/mol. The van der Waals surface area contributed by atoms with E-state index in [1.807, 2.05) is 19.1 Å². The van der Waals surface area contributed by atoms with Crippen molar-refractivity contribution in [1.82, 2.24) is 4.72 Å². The van der Waals surface area contributed by atoms with E-state index in [1.165, 1.54) is 6.07 Å². The molecule has 1 aliphatic carbocycles. The van der Waals surface area contributed by atoms with Crippen molar-refractivity contribution in [3.63, 3.8) is 0 Å². The number of hydrogen-bond donors (Lipinski definition) is 2. The average Bonchev–Trinajstić information content (AvgIpc) is 2.68. The molecule has 8 heteroatoms. The molecule has 24 heavy (non-hydrogen) atoms. The molecule has 3 rings (SSSR count). The number of benzene rings is 1. The molecule has 0 spiro atoms. The fraction of sp³-hybridized carbons (Fsp3) is 0.312. The van der Waals surface area contributed by atoms with Crippen molar-refractivity contribution in [3.05, 3.63) is 40.5 Å². The van der Waals surface area contributed by atoms with Crippen LogP contribution in [0.3, 0.4) is 0 Å². The maximum Gasteiger partial charge on any atom is 0.262 e. The average molecular weight is 413 g/mol. The Kier molecular flexibility index (Phi) is 4.69. The van der Waals surface area contributed by atoms with E-state index in [1.54, 1.807) is 12.1 Å². The minimum atomic E-state index is -3.77. The number of halogens is 1. The van der Waals surface area contributed by atoms with Crippen LogP contribution in [0.25, 0.3) is 0 Å². The molecule has 1 atom stereocenters. The predicted molar refractivity (Wildman–Crippen MR) is 94.2 cm³/mol. The van der Waals surface area contributed by atoms with Gasteiger partial charge in [0.05, 0.1) is 18.7 Å². The number of fused-ring (bicyclic) bond motifs is 1. The van der Waals surface area contributed by atoms with Gasteiger partial charge in [-0.2, -0.15) is 0 Å². The van der Waals surface area contributed by atoms with Gasteiger partial charge in [0.25, 0.3) is 10.0 Å². The van der Waals surface area contributed by atoms with Gasteiger partial charge in [0.1, 0.15) is 10.6 Å². The maximum absolute atomic E-state index is 12.8. The van der Waals surface area contributed by atoms with E-state index in [0.717, 1.165) is 6.42 Å². The number of allylic oxidation sites excluding steroid dienone is 4. The summed E-state index contributed by atoms with van der Waals surface area (Å²) in [5.41, 5.74) is 1.10. The Hall–Kier alpha value is -1.80. The normalized spacial score (nSPS) is 20.3. The number of amides is 1. The summed E-state index contributed by atoms with van der Waals surface area (Å²) in [6, 6.07) is 2.98. The molecule has 2 aliphatic rings. The van der Waals surface area contributed by atoms with Gasteiger partial charge in [-0.1, -0.05) is 19.1 Å². The third kappa shape index (κ3) is 3.49. The molecule has 0 fully saturated rings. The molecule has 0 saturated carbocycles. The number of rotatable bonds is 3. The summed E-state index contributed by atoms with van der Waals surface area (Å²) in [7, 11) is -3.77. The SMILES string of the molecule is CC1CC=CC=C1NS(=O)(=O)c1cc2c(cc1Br)NC(=O)CCO2. The van der Waals surface area contributed by atoms with Crippen LogP contribution in [-0.4, -0.2) is 20.9 Å². The van der Waals surface area contributed by atoms with Crippen LogP contribution in [0.15, 0.2) is 45.4 Å². The quantitative estimate of drug-likeness (QED) is 0.798. The van der Waals surface area contributed by atoms with Crippen LogP contribution in [0.5, 0.6) is 5.75 Å². The summed E-state index contributed by atoms with van der Waals surface area (Å²) in [4.78, 5) is 11.7. The van der Waals surface area contributed by atoms with Crippen LogP contribution in [-0.2, 0) is 14.8 Å². The number of hydrogen-bond acceptors (Lipinski definition) is 4. The Balaban J connectivity index is 1.96. The van der Waals surface area contributed by atoms with Gasteiger partial charge in [-0.3, -0.25) is 9.52 Å². The first kappa shape index (κ1) is 17.0. The Labute approximate surface area is 149 Å². The molecule has 1 unspecified atom stereocenters. The van der Waals surface area contributed by atoms with Crippen molar-refractivity contribution in [3.8, 4) is 5.75 Å². The van der Waals surface area contributed by atoms with Crippen molar-refractivity contribution >= 4 is 37.5 Å². The third-order valence-electron chi connectivity index (χ3n) is 3.87. The van der Waals surface area contributed by atoms with Crippen molar-refractivity contribution in [2.45, 2.75) is 24.7 Å². The molecular weight excluding hydrogens is 396 g/mol. The van der Waals surface area contributed by atoms with Gasteiger partial charge in [0.15, 0.2) is 0 Å². The fourth-order valence-electron chi connectivity index (χ4n) is 2.51. The second-order valence-electron chi connectivity index (χ2n) is 5.72. The number of nitrogens with one attached hydrogen (secondary N) is 2. The molecular formula is C16H17BrN2O4S. The highest BCUT2D eigenvalue weighted by Gasteiger charge is 2.25. The van der Waals surface area contributed by atoms with Crippen molar-refractivity contribution < 1.29 is 17.9 Å². The Morgan fingerprint density at radius 1 is 1.38 bits per heavy atom. The van der Waals surface area contributed by atoms with Crippen LogP contribution < -0.4 is 14.8 Å². The summed E-state index contributed by atoms with van der Waals surface area (Å²) in [5.74, 6) is 0.275. The second kappa shape index (κ2) is 6.60. The molecule has 0 bridgehead atoms. The first-order valence-electron chi connectivity index (χ1n) is 7.52. The zero-order valence-corrected chi connectivity index (χ0v) is 15.4. The minimum Gasteiger partial charge on any atom is -0.491 e. The van der Waals surface area contributed by atoms with Crippen molar-refractivity contribution in [2.75, 3.05) is 11.9 Å². The van der Waals surface area contributed by atoms with Crippen LogP contribution in [0, 0.1) is 5.92 Å². The maximum atomic E-state index is 12.8. The van der Waals surface area contributed by atoms with E-state index in [4.69, 9.17) is 4.74 Å². The molecule has 2 N–H and O–H groups in total. The zero-order valence-electron chi connectivity index (χ0n) is 13.0. The highest BCUT2D eigenvalue weighted by Crippen LogP contribution is 2.36. The van der Waals surface area contributed by atoms with Gasteiger partial charge in [0.2, 0.25) is 5.91 Å². The smallest absolute Gasteiger partial charge is 0.262 e. The Bertz CT molecular complexity index is 846. The number of anilines is 1. The van der Waals surface area contributed by atoms with Crippen LogP contribution in [0.1, 0.15) is 19.8 Å². The van der Waals surface area contributed by atoms with Gasteiger partial charge >= 0.3 is 0 Å². The van der Waals surface area contributed by atoms with E-state index in [9.17, 15) is 13.2 Å². The summed E-state index contributed by atoms with van der Waals surface area (Å²) in [6.07, 6.45) is 6.61. The molecule has 128 valence electrons. The van der Waals surface area contributed by atoms with Crippen LogP contribution >= 0.6 is 15.9 Å². The Morgan fingerprint density at radius 2 is 2.17 bits per heavy atom. The van der Waals surface area contributed by atoms with Gasteiger partial charge < -0.3 is 10.1 Å². The van der Waals surface area contributed by atoms with Crippen LogP contribution in [0.2, 0.25) is 0 Å². The summed E-state index contributed by atoms with van der Waals surface area (Å²) < 4.78 is 34.0. The molecule has 1 amide bonds. The van der Waals surface area contributed by atoms with E-state index in [0.29, 0.717) is 21.6 Å². The van der Waals surface area contributed by atoms with Gasteiger partial charge in [-0.05, 0) is 34.5 Å². The molecule has 1 aliphatic heterocycles. The number of carbonyl (C=O) groups excluding carboxylic acids is 1. The van der Waals surface area contributed by atoms with Gasteiger partial charge in [-0.15, -0.1) is 0 Å². The lowest BCUT2D eigenvalue weighted by molar-refractivity contribution is -0.116. The first-order valence-corrected chi connectivity index (χ1v) is 9.80. The van der Waals surface area contributed by atoms with E-state index < -0.39 is 10.0 Å². The standard InChI is InChI=1S/C16H17BrN2O4S/c1-10-4-2-3-5-12(10)19-24(21,22)15-9-14-13(8-11(15)17)18-16(20)6-7-23-14/h2-3,5,8-10,19H,4,6-7H2,1H3,(H,18,20). The summed E-state index contributed by atoms with van der Waals surface area (Å²) in [5, 5.41) is 2.70. The topological polar surface area (TPSA) is 84.5 Å². The number of sulfonamides is 1. The van der Waals surface area contributed by atoms with E-state index in [2.05, 4.69) is 26.0 Å². The minimum absolute atomic E-state index is 0.0695. The van der Waals surface area contributed by atoms with E-state index in [-0.39, 0.29) is 29.7 Å². The first-order chi connectivity index (χ1) is 11.4. The molecule has 0 saturated heterocycles. The predicted octanol–water partition coefficient (Wildman–Crippen LogP) is 2.93. The Morgan fingerprint density at radius 3 is 2.92 bits per heavy atom. The molecule has 0 aromatic heterocycles. The summed E-state index contributed by atoms with van der Waals surface area (Å²) >= 11 is 3.28. The number of carbonyl (C=O) groups is 1. The van der Waals surface area contributed by atoms with Gasteiger partial charge in [-0.25, -0.2) is 8.42 Å². The van der Waals surface area contributed by atoms with Gasteiger partial charge in [0, 0.05) is 22.2 Å². The summed E-state index contributed by atoms with van der Waals surface area (Å²) in [6.45, 7) is 2.17. The lowest BCUT2D eigenvalue weighted by Crippen LogP contribution is -2.27. The lowest BCUT2D eigenvalue weighted by atomic mass is 10.00. The highest BCUT2D eigenvalue weighted by atomic mass is 79.9. The largest absolute Gasteiger partial charge is 0.491 e. The highest BCUT2D eigenvalue weighted by molar-refractivity contribution is 9.10. The van der Waals surface area contributed by atoms with Crippen molar-refractivity contribution in [2.24, 2.45) is 5.92 Å². The van der Waals surface area contributed by atoms with Crippen LogP contribution in [0.4, 0.5) is 5.69 Å². The molecule has 1 heterocycles. The lowest BCUT2D eigenvalue weighted by Gasteiger charge is -2.20. The zero-order chi connectivity index (χ0) is 17.3.